The standard InChI is InChI=1S/C10H15I3O4/c1-3-5-6-7(8(14)16-4-2)17-9(15)10(11,12)13/h7H,3-6H2,1-2H3. The lowest BCUT2D eigenvalue weighted by atomic mass is 10.1. The third kappa shape index (κ3) is 8.01. The van der Waals surface area contributed by atoms with Crippen molar-refractivity contribution in [3.05, 3.63) is 0 Å². The van der Waals surface area contributed by atoms with Crippen LogP contribution in [0.2, 0.25) is 0 Å². The highest BCUT2D eigenvalue weighted by molar-refractivity contribution is 14.3. The van der Waals surface area contributed by atoms with Crippen molar-refractivity contribution in [3.63, 3.8) is 0 Å². The summed E-state index contributed by atoms with van der Waals surface area (Å²) >= 11 is 5.90. The molecule has 0 saturated carbocycles. The summed E-state index contributed by atoms with van der Waals surface area (Å²) in [6.07, 6.45) is 1.51. The Morgan fingerprint density at radius 1 is 1.24 bits per heavy atom. The maximum absolute atomic E-state index is 11.7. The Labute approximate surface area is 142 Å². The van der Waals surface area contributed by atoms with Gasteiger partial charge in [0.25, 0.3) is 0 Å². The number of hydrogen-bond donors (Lipinski definition) is 0. The lowest BCUT2D eigenvalue weighted by molar-refractivity contribution is -0.166. The summed E-state index contributed by atoms with van der Waals surface area (Å²) < 4.78 is 9.40. The van der Waals surface area contributed by atoms with E-state index in [4.69, 9.17) is 9.47 Å². The first-order valence-electron chi connectivity index (χ1n) is 5.27. The molecule has 7 heteroatoms. The van der Waals surface area contributed by atoms with Crippen molar-refractivity contribution in [2.75, 3.05) is 6.61 Å². The monoisotopic (exact) mass is 580 g/mol. The number of esters is 2. The van der Waals surface area contributed by atoms with Crippen LogP contribution in [0, 0.1) is 0 Å². The van der Waals surface area contributed by atoms with Crippen LogP contribution in [-0.2, 0) is 19.1 Å². The molecule has 0 rings (SSSR count). The number of rotatable bonds is 7. The van der Waals surface area contributed by atoms with Crippen LogP contribution < -0.4 is 0 Å². The number of alkyl halides is 3. The molecule has 0 saturated heterocycles. The highest BCUT2D eigenvalue weighted by Crippen LogP contribution is 2.37. The van der Waals surface area contributed by atoms with Crippen LogP contribution in [0.25, 0.3) is 0 Å². The van der Waals surface area contributed by atoms with E-state index in [-0.39, 0.29) is 0 Å². The number of carbonyl (C=O) groups excluding carboxylic acids is 2. The zero-order valence-electron chi connectivity index (χ0n) is 9.67. The van der Waals surface area contributed by atoms with Gasteiger partial charge in [0, 0.05) is 0 Å². The van der Waals surface area contributed by atoms with Gasteiger partial charge < -0.3 is 9.47 Å². The van der Waals surface area contributed by atoms with Crippen LogP contribution in [0.4, 0.5) is 0 Å². The van der Waals surface area contributed by atoms with Gasteiger partial charge in [-0.1, -0.05) is 13.3 Å². The molecule has 0 radical (unpaired) electrons. The summed E-state index contributed by atoms with van der Waals surface area (Å²) in [6.45, 7) is 4.04. The van der Waals surface area contributed by atoms with Crippen LogP contribution in [0.5, 0.6) is 0 Å². The second kappa shape index (κ2) is 9.10. The Bertz CT molecular complexity index is 263. The van der Waals surface area contributed by atoms with Gasteiger partial charge in [-0.15, -0.1) is 0 Å². The van der Waals surface area contributed by atoms with E-state index >= 15 is 0 Å². The van der Waals surface area contributed by atoms with E-state index in [2.05, 4.69) is 0 Å². The number of unbranched alkanes of at least 4 members (excludes halogenated alkanes) is 1. The molecule has 0 aromatic rings. The van der Waals surface area contributed by atoms with Gasteiger partial charge in [-0.3, -0.25) is 0 Å². The molecule has 17 heavy (non-hydrogen) atoms. The molecule has 0 N–H and O–H groups in total. The van der Waals surface area contributed by atoms with E-state index in [0.29, 0.717) is 13.0 Å². The minimum Gasteiger partial charge on any atom is -0.463 e. The van der Waals surface area contributed by atoms with Gasteiger partial charge in [0.15, 0.2) is 6.10 Å². The maximum Gasteiger partial charge on any atom is 0.347 e. The number of ether oxygens (including phenoxy) is 2. The molecule has 0 fully saturated rings. The molecule has 1 atom stereocenters. The van der Waals surface area contributed by atoms with Gasteiger partial charge in [-0.25, -0.2) is 9.59 Å². The predicted molar refractivity (Wildman–Crippen MR) is 90.8 cm³/mol. The fraction of sp³-hybridized carbons (Fsp3) is 0.800. The molecule has 0 aliphatic rings. The van der Waals surface area contributed by atoms with Gasteiger partial charge in [0.05, 0.1) is 6.61 Å². The van der Waals surface area contributed by atoms with Gasteiger partial charge in [-0.05, 0) is 87.5 Å². The molecule has 0 heterocycles. The zero-order valence-corrected chi connectivity index (χ0v) is 16.1. The molecule has 100 valence electrons. The molecule has 0 aromatic carbocycles. The predicted octanol–water partition coefficient (Wildman–Crippen LogP) is 3.61. The minimum absolute atomic E-state index is 0.295. The second-order valence-electron chi connectivity index (χ2n) is 3.29. The molecule has 0 aliphatic carbocycles. The van der Waals surface area contributed by atoms with Gasteiger partial charge in [0.2, 0.25) is -0.565 Å². The first-order chi connectivity index (χ1) is 7.82. The lowest BCUT2D eigenvalue weighted by Gasteiger charge is -2.19. The summed E-state index contributed by atoms with van der Waals surface area (Å²) in [5, 5.41) is 0. The SMILES string of the molecule is CCCCC(OC(=O)C(I)(I)I)C(=O)OCC. The van der Waals surface area contributed by atoms with Crippen LogP contribution in [0.15, 0.2) is 0 Å². The average molecular weight is 580 g/mol. The smallest absolute Gasteiger partial charge is 0.347 e. The Hall–Kier alpha value is 1.13. The molecular formula is C10H15I3O4. The number of carbonyl (C=O) groups is 2. The maximum atomic E-state index is 11.7. The summed E-state index contributed by atoms with van der Waals surface area (Å²) in [6, 6.07) is 0. The average Bonchev–Trinajstić information content (AvgIpc) is 2.22. The van der Waals surface area contributed by atoms with E-state index in [9.17, 15) is 9.59 Å². The molecule has 0 amide bonds. The normalized spacial score (nSPS) is 13.0. The van der Waals surface area contributed by atoms with Crippen LogP contribution in [-0.4, -0.2) is 24.1 Å². The van der Waals surface area contributed by atoms with Gasteiger partial charge in [-0.2, -0.15) is 0 Å². The van der Waals surface area contributed by atoms with E-state index in [1.165, 1.54) is 0 Å². The highest BCUT2D eigenvalue weighted by atomic mass is 127. The number of hydrogen-bond acceptors (Lipinski definition) is 4. The first kappa shape index (κ1) is 18.1. The quantitative estimate of drug-likeness (QED) is 0.263. The van der Waals surface area contributed by atoms with Crippen LogP contribution in [0.1, 0.15) is 33.1 Å². The topological polar surface area (TPSA) is 52.6 Å². The van der Waals surface area contributed by atoms with E-state index in [0.717, 1.165) is 12.8 Å². The molecule has 4 nitrogen and oxygen atoms in total. The Morgan fingerprint density at radius 2 is 1.82 bits per heavy atom. The Balaban J connectivity index is 4.48. The van der Waals surface area contributed by atoms with Gasteiger partial charge in [0.1, 0.15) is 0 Å². The molecule has 0 bridgehead atoms. The van der Waals surface area contributed by atoms with Gasteiger partial charge >= 0.3 is 11.9 Å². The van der Waals surface area contributed by atoms with Crippen molar-refractivity contribution in [2.24, 2.45) is 0 Å². The van der Waals surface area contributed by atoms with Crippen LogP contribution in [0.3, 0.4) is 0 Å². The molecule has 0 aliphatic heterocycles. The summed E-state index contributed by atoms with van der Waals surface area (Å²) in [5.41, 5.74) is 0. The van der Waals surface area contributed by atoms with Crippen molar-refractivity contribution in [1.82, 2.24) is 0 Å². The third-order valence-corrected chi connectivity index (χ3v) is 3.17. The van der Waals surface area contributed by atoms with E-state index in [1.54, 1.807) is 6.92 Å². The molecular weight excluding hydrogens is 565 g/mol. The number of halogens is 3. The summed E-state index contributed by atoms with van der Waals surface area (Å²) in [4.78, 5) is 23.3. The van der Waals surface area contributed by atoms with Crippen molar-refractivity contribution in [3.8, 4) is 0 Å². The van der Waals surface area contributed by atoms with Crippen LogP contribution >= 0.6 is 67.8 Å². The zero-order chi connectivity index (χ0) is 13.5. The Morgan fingerprint density at radius 3 is 2.24 bits per heavy atom. The fourth-order valence-electron chi connectivity index (χ4n) is 1.05. The Kier molecular flexibility index (Phi) is 9.71. The van der Waals surface area contributed by atoms with Crippen molar-refractivity contribution < 1.29 is 19.1 Å². The fourth-order valence-corrected chi connectivity index (χ4v) is 1.43. The molecule has 1 unspecified atom stereocenters. The minimum atomic E-state index is -0.777. The largest absolute Gasteiger partial charge is 0.463 e. The molecule has 0 aromatic heterocycles. The van der Waals surface area contributed by atoms with E-state index < -0.39 is 17.5 Å². The van der Waals surface area contributed by atoms with Crippen molar-refractivity contribution >= 4 is 79.7 Å². The van der Waals surface area contributed by atoms with E-state index in [1.807, 2.05) is 74.7 Å². The molecule has 0 spiro atoms. The van der Waals surface area contributed by atoms with Crippen molar-refractivity contribution in [1.29, 1.82) is 0 Å². The summed E-state index contributed by atoms with van der Waals surface area (Å²) in [7, 11) is 0. The first-order valence-corrected chi connectivity index (χ1v) is 8.51. The highest BCUT2D eigenvalue weighted by Gasteiger charge is 2.34. The lowest BCUT2D eigenvalue weighted by Crippen LogP contribution is -2.33. The van der Waals surface area contributed by atoms with Crippen molar-refractivity contribution in [2.45, 2.75) is 38.6 Å². The summed E-state index contributed by atoms with van der Waals surface area (Å²) in [5.74, 6) is -0.865. The third-order valence-electron chi connectivity index (χ3n) is 1.85. The second-order valence-corrected chi connectivity index (χ2v) is 14.3.